The van der Waals surface area contributed by atoms with E-state index in [1.807, 2.05) is 6.92 Å². The fraction of sp³-hybridized carbons (Fsp3) is 0.909. The molecule has 0 aliphatic carbocycles. The third-order valence-corrected chi connectivity index (χ3v) is 3.60. The highest BCUT2D eigenvalue weighted by Crippen LogP contribution is 2.33. The van der Waals surface area contributed by atoms with Gasteiger partial charge in [-0.1, -0.05) is 0 Å². The average molecular weight is 212 g/mol. The second-order valence-corrected chi connectivity index (χ2v) is 4.68. The van der Waals surface area contributed by atoms with Gasteiger partial charge in [-0.2, -0.15) is 0 Å². The van der Waals surface area contributed by atoms with Gasteiger partial charge in [0.1, 0.15) is 0 Å². The van der Waals surface area contributed by atoms with E-state index in [0.717, 1.165) is 12.8 Å². The van der Waals surface area contributed by atoms with Crippen LogP contribution in [0.5, 0.6) is 0 Å². The molecule has 0 radical (unpaired) electrons. The minimum atomic E-state index is 0.0977. The molecule has 0 spiro atoms. The third-order valence-electron chi connectivity index (χ3n) is 3.60. The van der Waals surface area contributed by atoms with Crippen molar-refractivity contribution in [2.45, 2.75) is 44.4 Å². The van der Waals surface area contributed by atoms with Gasteiger partial charge in [0.2, 0.25) is 5.91 Å². The molecule has 0 aromatic rings. The Bertz CT molecular complexity index is 245. The Morgan fingerprint density at radius 1 is 1.60 bits per heavy atom. The number of ether oxygens (including phenoxy) is 1. The van der Waals surface area contributed by atoms with Crippen molar-refractivity contribution < 1.29 is 9.53 Å². The molecule has 2 N–H and O–H groups in total. The molecular weight excluding hydrogens is 192 g/mol. The highest BCUT2D eigenvalue weighted by atomic mass is 16.5. The number of rotatable bonds is 4. The van der Waals surface area contributed by atoms with Crippen molar-refractivity contribution in [3.63, 3.8) is 0 Å². The maximum Gasteiger partial charge on any atom is 0.224 e. The van der Waals surface area contributed by atoms with E-state index in [9.17, 15) is 4.79 Å². The number of fused-ring (bicyclic) bond motifs is 2. The average Bonchev–Trinajstić information content (AvgIpc) is 2.86. The maximum absolute atomic E-state index is 11.8. The lowest BCUT2D eigenvalue weighted by atomic mass is 9.88. The molecule has 0 saturated carbocycles. The number of hydrogen-bond acceptors (Lipinski definition) is 3. The molecule has 15 heavy (non-hydrogen) atoms. The summed E-state index contributed by atoms with van der Waals surface area (Å²) in [5.41, 5.74) is 0. The lowest BCUT2D eigenvalue weighted by Crippen LogP contribution is -2.40. The van der Waals surface area contributed by atoms with Gasteiger partial charge in [-0.25, -0.2) is 0 Å². The van der Waals surface area contributed by atoms with E-state index in [4.69, 9.17) is 4.74 Å². The van der Waals surface area contributed by atoms with Crippen molar-refractivity contribution in [1.29, 1.82) is 0 Å². The van der Waals surface area contributed by atoms with Gasteiger partial charge in [0.05, 0.1) is 12.0 Å². The van der Waals surface area contributed by atoms with Crippen molar-refractivity contribution >= 4 is 5.91 Å². The molecule has 2 bridgehead atoms. The summed E-state index contributed by atoms with van der Waals surface area (Å²) in [4.78, 5) is 11.8. The van der Waals surface area contributed by atoms with Gasteiger partial charge < -0.3 is 15.4 Å². The van der Waals surface area contributed by atoms with E-state index >= 15 is 0 Å². The van der Waals surface area contributed by atoms with Crippen LogP contribution in [0.4, 0.5) is 0 Å². The van der Waals surface area contributed by atoms with Crippen LogP contribution in [0.15, 0.2) is 0 Å². The highest BCUT2D eigenvalue weighted by Gasteiger charge is 2.42. The Kier molecular flexibility index (Phi) is 3.26. The van der Waals surface area contributed by atoms with Gasteiger partial charge in [-0.15, -0.1) is 0 Å². The predicted molar refractivity (Wildman–Crippen MR) is 57.5 cm³/mol. The van der Waals surface area contributed by atoms with Crippen molar-refractivity contribution in [3.8, 4) is 0 Å². The normalized spacial score (nSPS) is 35.5. The number of methoxy groups -OCH3 is 1. The molecule has 0 aromatic heterocycles. The zero-order valence-electron chi connectivity index (χ0n) is 9.45. The molecule has 2 heterocycles. The largest absolute Gasteiger partial charge is 0.380 e. The van der Waals surface area contributed by atoms with E-state index in [-0.39, 0.29) is 17.9 Å². The summed E-state index contributed by atoms with van der Waals surface area (Å²) < 4.78 is 5.09. The quantitative estimate of drug-likeness (QED) is 0.703. The summed E-state index contributed by atoms with van der Waals surface area (Å²) in [5.74, 6) is 0.381. The SMILES string of the molecule is COC(C)CNC(=O)C1CC2CCC1N2. The summed E-state index contributed by atoms with van der Waals surface area (Å²) in [7, 11) is 1.66. The lowest BCUT2D eigenvalue weighted by Gasteiger charge is -2.20. The summed E-state index contributed by atoms with van der Waals surface area (Å²) in [6.07, 6.45) is 3.50. The molecule has 1 amide bonds. The first-order chi connectivity index (χ1) is 7.20. The molecular formula is C11H20N2O2. The van der Waals surface area contributed by atoms with Crippen LogP contribution in [0.2, 0.25) is 0 Å². The van der Waals surface area contributed by atoms with Crippen LogP contribution in [0, 0.1) is 5.92 Å². The summed E-state index contributed by atoms with van der Waals surface area (Å²) in [6, 6.07) is 1.01. The summed E-state index contributed by atoms with van der Waals surface area (Å²) in [6.45, 7) is 2.57. The molecule has 4 unspecified atom stereocenters. The maximum atomic E-state index is 11.8. The fourth-order valence-corrected chi connectivity index (χ4v) is 2.57. The molecule has 86 valence electrons. The van der Waals surface area contributed by atoms with Crippen LogP contribution in [-0.4, -0.2) is 37.7 Å². The van der Waals surface area contributed by atoms with Crippen molar-refractivity contribution in [1.82, 2.24) is 10.6 Å². The van der Waals surface area contributed by atoms with Crippen LogP contribution in [0.3, 0.4) is 0 Å². The van der Waals surface area contributed by atoms with Gasteiger partial charge in [0.15, 0.2) is 0 Å². The first-order valence-corrected chi connectivity index (χ1v) is 5.77. The van der Waals surface area contributed by atoms with Crippen LogP contribution < -0.4 is 10.6 Å². The Hall–Kier alpha value is -0.610. The zero-order chi connectivity index (χ0) is 10.8. The van der Waals surface area contributed by atoms with Crippen molar-refractivity contribution in [2.24, 2.45) is 5.92 Å². The Morgan fingerprint density at radius 2 is 2.40 bits per heavy atom. The van der Waals surface area contributed by atoms with E-state index < -0.39 is 0 Å². The lowest BCUT2D eigenvalue weighted by molar-refractivity contribution is -0.126. The van der Waals surface area contributed by atoms with E-state index in [2.05, 4.69) is 10.6 Å². The van der Waals surface area contributed by atoms with Crippen LogP contribution in [0.25, 0.3) is 0 Å². The van der Waals surface area contributed by atoms with Gasteiger partial charge in [0.25, 0.3) is 0 Å². The molecule has 4 nitrogen and oxygen atoms in total. The first-order valence-electron chi connectivity index (χ1n) is 5.77. The number of carbonyl (C=O) groups excluding carboxylic acids is 1. The fourth-order valence-electron chi connectivity index (χ4n) is 2.57. The number of nitrogens with one attached hydrogen (secondary N) is 2. The molecule has 4 heteroatoms. The number of amides is 1. The predicted octanol–water partition coefficient (Wildman–Crippen LogP) is 0.278. The number of hydrogen-bond donors (Lipinski definition) is 2. The third kappa shape index (κ3) is 2.32. The van der Waals surface area contributed by atoms with Crippen LogP contribution >= 0.6 is 0 Å². The minimum Gasteiger partial charge on any atom is -0.380 e. The highest BCUT2D eigenvalue weighted by molar-refractivity contribution is 5.80. The molecule has 2 saturated heterocycles. The molecule has 4 atom stereocenters. The van der Waals surface area contributed by atoms with E-state index in [1.165, 1.54) is 6.42 Å². The molecule has 0 aromatic carbocycles. The van der Waals surface area contributed by atoms with Gasteiger partial charge in [-0.3, -0.25) is 4.79 Å². The standard InChI is InChI=1S/C11H20N2O2/c1-7(15-2)6-12-11(14)9-5-8-3-4-10(9)13-8/h7-10,13H,3-6H2,1-2H3,(H,12,14). The second-order valence-electron chi connectivity index (χ2n) is 4.68. The van der Waals surface area contributed by atoms with E-state index in [1.54, 1.807) is 7.11 Å². The van der Waals surface area contributed by atoms with Gasteiger partial charge >= 0.3 is 0 Å². The molecule has 2 aliphatic heterocycles. The first kappa shape index (κ1) is 10.9. The Balaban J connectivity index is 1.77. The van der Waals surface area contributed by atoms with Crippen molar-refractivity contribution in [3.05, 3.63) is 0 Å². The topological polar surface area (TPSA) is 50.4 Å². The monoisotopic (exact) mass is 212 g/mol. The Labute approximate surface area is 90.8 Å². The smallest absolute Gasteiger partial charge is 0.224 e. The zero-order valence-corrected chi connectivity index (χ0v) is 9.45. The van der Waals surface area contributed by atoms with Crippen LogP contribution in [-0.2, 0) is 9.53 Å². The molecule has 2 aliphatic rings. The Morgan fingerprint density at radius 3 is 2.93 bits per heavy atom. The van der Waals surface area contributed by atoms with Gasteiger partial charge in [0, 0.05) is 25.7 Å². The van der Waals surface area contributed by atoms with E-state index in [0.29, 0.717) is 18.6 Å². The van der Waals surface area contributed by atoms with Crippen molar-refractivity contribution in [2.75, 3.05) is 13.7 Å². The number of carbonyl (C=O) groups is 1. The summed E-state index contributed by atoms with van der Waals surface area (Å²) >= 11 is 0. The summed E-state index contributed by atoms with van der Waals surface area (Å²) in [5, 5.41) is 6.42. The minimum absolute atomic E-state index is 0.0977. The van der Waals surface area contributed by atoms with Gasteiger partial charge in [-0.05, 0) is 26.2 Å². The molecule has 2 rings (SSSR count). The van der Waals surface area contributed by atoms with Crippen LogP contribution in [0.1, 0.15) is 26.2 Å². The second kappa shape index (κ2) is 4.49. The molecule has 2 fully saturated rings.